The fourth-order valence-corrected chi connectivity index (χ4v) is 3.47. The molecular weight excluding hydrogens is 314 g/mol. The van der Waals surface area contributed by atoms with Crippen LogP contribution in [0.15, 0.2) is 16.6 Å². The largest absolute Gasteiger partial charge is 0.323 e. The minimum atomic E-state index is 0.657. The standard InChI is InChI=1S/C13H13BrClN3/c14-7-5-9-12(18-16)8-3-1-2-4-11(8)17-13(9)10(15)6-7/h5-6H,1-4,16H2,(H,17,18). The Morgan fingerprint density at radius 1 is 1.28 bits per heavy atom. The van der Waals surface area contributed by atoms with E-state index in [0.717, 1.165) is 39.6 Å². The molecule has 1 aliphatic rings. The summed E-state index contributed by atoms with van der Waals surface area (Å²) < 4.78 is 0.939. The van der Waals surface area contributed by atoms with Crippen LogP contribution in [-0.2, 0) is 12.8 Å². The maximum Gasteiger partial charge on any atom is 0.0913 e. The molecule has 0 fully saturated rings. The van der Waals surface area contributed by atoms with Gasteiger partial charge in [-0.25, -0.2) is 0 Å². The first-order chi connectivity index (χ1) is 8.70. The molecule has 0 bridgehead atoms. The zero-order valence-corrected chi connectivity index (χ0v) is 12.1. The Morgan fingerprint density at radius 2 is 2.06 bits per heavy atom. The van der Waals surface area contributed by atoms with Crippen LogP contribution in [0.3, 0.4) is 0 Å². The molecule has 18 heavy (non-hydrogen) atoms. The van der Waals surface area contributed by atoms with Gasteiger partial charge in [-0.1, -0.05) is 27.5 Å². The Kier molecular flexibility index (Phi) is 3.18. The van der Waals surface area contributed by atoms with Gasteiger partial charge in [0.25, 0.3) is 0 Å². The normalized spacial score (nSPS) is 14.6. The van der Waals surface area contributed by atoms with Crippen molar-refractivity contribution in [1.82, 2.24) is 4.98 Å². The molecule has 3 N–H and O–H groups in total. The predicted molar refractivity (Wildman–Crippen MR) is 78.9 cm³/mol. The van der Waals surface area contributed by atoms with Gasteiger partial charge in [0, 0.05) is 15.6 Å². The maximum atomic E-state index is 6.27. The van der Waals surface area contributed by atoms with Crippen LogP contribution in [0.2, 0.25) is 5.02 Å². The van der Waals surface area contributed by atoms with E-state index < -0.39 is 0 Å². The summed E-state index contributed by atoms with van der Waals surface area (Å²) in [6.45, 7) is 0. The molecule has 1 aromatic carbocycles. The van der Waals surface area contributed by atoms with Gasteiger partial charge in [-0.15, -0.1) is 0 Å². The monoisotopic (exact) mass is 325 g/mol. The first kappa shape index (κ1) is 12.2. The Balaban J connectivity index is 2.40. The van der Waals surface area contributed by atoms with Crippen LogP contribution in [0, 0.1) is 0 Å². The van der Waals surface area contributed by atoms with E-state index >= 15 is 0 Å². The fourth-order valence-electron chi connectivity index (χ4n) is 2.61. The number of nitrogens with one attached hydrogen (secondary N) is 1. The number of hydrogen-bond acceptors (Lipinski definition) is 3. The Morgan fingerprint density at radius 3 is 2.83 bits per heavy atom. The third-order valence-corrected chi connectivity index (χ3v) is 4.18. The van der Waals surface area contributed by atoms with E-state index in [0.29, 0.717) is 5.02 Å². The summed E-state index contributed by atoms with van der Waals surface area (Å²) in [5, 5.41) is 1.64. The predicted octanol–water partition coefficient (Wildman–Crippen LogP) is 3.82. The van der Waals surface area contributed by atoms with Crippen molar-refractivity contribution in [2.24, 2.45) is 5.84 Å². The number of fused-ring (bicyclic) bond motifs is 2. The van der Waals surface area contributed by atoms with Gasteiger partial charge in [0.05, 0.1) is 16.2 Å². The van der Waals surface area contributed by atoms with Gasteiger partial charge in [0.1, 0.15) is 0 Å². The van der Waals surface area contributed by atoms with E-state index in [9.17, 15) is 0 Å². The molecule has 5 heteroatoms. The van der Waals surface area contributed by atoms with Crippen molar-refractivity contribution in [3.63, 3.8) is 0 Å². The highest BCUT2D eigenvalue weighted by atomic mass is 79.9. The number of hydrogen-bond donors (Lipinski definition) is 2. The van der Waals surface area contributed by atoms with Gasteiger partial charge in [-0.3, -0.25) is 10.8 Å². The number of benzene rings is 1. The second-order valence-electron chi connectivity index (χ2n) is 4.55. The van der Waals surface area contributed by atoms with Crippen molar-refractivity contribution in [2.45, 2.75) is 25.7 Å². The summed E-state index contributed by atoms with van der Waals surface area (Å²) in [6, 6.07) is 3.88. The summed E-state index contributed by atoms with van der Waals surface area (Å²) in [7, 11) is 0. The minimum Gasteiger partial charge on any atom is -0.323 e. The van der Waals surface area contributed by atoms with Gasteiger partial charge in [0.15, 0.2) is 0 Å². The van der Waals surface area contributed by atoms with Gasteiger partial charge in [0.2, 0.25) is 0 Å². The number of nitrogens with zero attached hydrogens (tertiary/aromatic N) is 1. The number of aromatic nitrogens is 1. The van der Waals surface area contributed by atoms with E-state index in [2.05, 4.69) is 21.4 Å². The van der Waals surface area contributed by atoms with E-state index in [4.69, 9.17) is 22.4 Å². The lowest BCUT2D eigenvalue weighted by Gasteiger charge is -2.20. The van der Waals surface area contributed by atoms with Crippen molar-refractivity contribution in [3.8, 4) is 0 Å². The third-order valence-electron chi connectivity index (χ3n) is 3.43. The van der Waals surface area contributed by atoms with Crippen molar-refractivity contribution >= 4 is 44.1 Å². The number of pyridine rings is 1. The van der Waals surface area contributed by atoms with Crippen LogP contribution >= 0.6 is 27.5 Å². The highest BCUT2D eigenvalue weighted by Gasteiger charge is 2.19. The SMILES string of the molecule is NNc1c2c(nc3c(Cl)cc(Br)cc13)CCCC2. The molecule has 0 unspecified atom stereocenters. The molecule has 1 heterocycles. The minimum absolute atomic E-state index is 0.657. The van der Waals surface area contributed by atoms with E-state index in [1.54, 1.807) is 0 Å². The average Bonchev–Trinajstić information content (AvgIpc) is 2.36. The first-order valence-corrected chi connectivity index (χ1v) is 7.15. The molecule has 1 aliphatic carbocycles. The Hall–Kier alpha value is -0.840. The van der Waals surface area contributed by atoms with Gasteiger partial charge < -0.3 is 5.43 Å². The molecule has 0 spiro atoms. The summed E-state index contributed by atoms with van der Waals surface area (Å²) in [6.07, 6.45) is 4.41. The first-order valence-electron chi connectivity index (χ1n) is 5.98. The van der Waals surface area contributed by atoms with Crippen molar-refractivity contribution in [2.75, 3.05) is 5.43 Å². The molecule has 3 nitrogen and oxygen atoms in total. The lowest BCUT2D eigenvalue weighted by molar-refractivity contribution is 0.672. The van der Waals surface area contributed by atoms with Crippen LogP contribution in [-0.4, -0.2) is 4.98 Å². The summed E-state index contributed by atoms with van der Waals surface area (Å²) in [4.78, 5) is 4.72. The number of nitrogen functional groups attached to an aromatic ring is 1. The maximum absolute atomic E-state index is 6.27. The molecule has 2 aromatic rings. The fraction of sp³-hybridized carbons (Fsp3) is 0.308. The quantitative estimate of drug-likeness (QED) is 0.619. The molecule has 94 valence electrons. The molecule has 0 saturated carbocycles. The lowest BCUT2D eigenvalue weighted by atomic mass is 9.93. The molecule has 0 amide bonds. The second-order valence-corrected chi connectivity index (χ2v) is 5.87. The number of rotatable bonds is 1. The van der Waals surface area contributed by atoms with Gasteiger partial charge in [-0.05, 0) is 43.4 Å². The zero-order valence-electron chi connectivity index (χ0n) is 9.76. The highest BCUT2D eigenvalue weighted by molar-refractivity contribution is 9.10. The number of aryl methyl sites for hydroxylation is 1. The van der Waals surface area contributed by atoms with Crippen molar-refractivity contribution in [1.29, 1.82) is 0 Å². The summed E-state index contributed by atoms with van der Waals surface area (Å²) in [5.74, 6) is 5.70. The zero-order chi connectivity index (χ0) is 12.7. The molecule has 1 aromatic heterocycles. The van der Waals surface area contributed by atoms with Crippen LogP contribution in [0.1, 0.15) is 24.1 Å². The number of anilines is 1. The van der Waals surface area contributed by atoms with Crippen LogP contribution in [0.25, 0.3) is 10.9 Å². The van der Waals surface area contributed by atoms with Gasteiger partial charge in [-0.2, -0.15) is 0 Å². The lowest BCUT2D eigenvalue weighted by Crippen LogP contribution is -2.15. The molecule has 0 atom stereocenters. The van der Waals surface area contributed by atoms with Crippen LogP contribution in [0.5, 0.6) is 0 Å². The second kappa shape index (κ2) is 4.68. The Labute approximate surface area is 119 Å². The van der Waals surface area contributed by atoms with Crippen molar-refractivity contribution < 1.29 is 0 Å². The molecule has 0 radical (unpaired) electrons. The number of hydrazine groups is 1. The van der Waals surface area contributed by atoms with E-state index in [-0.39, 0.29) is 0 Å². The molecule has 3 rings (SSSR count). The van der Waals surface area contributed by atoms with Gasteiger partial charge >= 0.3 is 0 Å². The number of halogens is 2. The third kappa shape index (κ3) is 1.88. The van der Waals surface area contributed by atoms with Crippen LogP contribution in [0.4, 0.5) is 5.69 Å². The number of nitrogens with two attached hydrogens (primary N) is 1. The summed E-state index contributed by atoms with van der Waals surface area (Å²) in [5.41, 5.74) is 7.00. The highest BCUT2D eigenvalue weighted by Crippen LogP contribution is 2.37. The van der Waals surface area contributed by atoms with E-state index in [1.165, 1.54) is 18.4 Å². The smallest absolute Gasteiger partial charge is 0.0913 e. The summed E-state index contributed by atoms with van der Waals surface area (Å²) >= 11 is 9.73. The Bertz CT molecular complexity index is 627. The topological polar surface area (TPSA) is 50.9 Å². The van der Waals surface area contributed by atoms with E-state index in [1.807, 2.05) is 12.1 Å². The average molecular weight is 327 g/mol. The molecule has 0 saturated heterocycles. The van der Waals surface area contributed by atoms with Crippen LogP contribution < -0.4 is 11.3 Å². The molecule has 0 aliphatic heterocycles. The molecular formula is C13H13BrClN3. The van der Waals surface area contributed by atoms with Crippen molar-refractivity contribution in [3.05, 3.63) is 32.9 Å².